The topological polar surface area (TPSA) is 54.7 Å². The summed E-state index contributed by atoms with van der Waals surface area (Å²) < 4.78 is 30.6. The molecule has 1 aliphatic rings. The Hall–Kier alpha value is -2.22. The molecule has 5 nitrogen and oxygen atoms in total. The third kappa shape index (κ3) is 5.83. The number of nitrogens with zero attached hydrogens (tertiary/aromatic N) is 3. The molecule has 0 N–H and O–H groups in total. The molecule has 1 saturated heterocycles. The molecule has 0 atom stereocenters. The first-order valence-corrected chi connectivity index (χ1v) is 14.3. The highest BCUT2D eigenvalue weighted by atomic mass is 32.2. The first kappa shape index (κ1) is 23.9. The summed E-state index contributed by atoms with van der Waals surface area (Å²) in [6, 6.07) is 17.4. The van der Waals surface area contributed by atoms with Crippen LogP contribution in [0.2, 0.25) is 0 Å². The van der Waals surface area contributed by atoms with Crippen LogP contribution in [0.1, 0.15) is 51.9 Å². The first-order chi connectivity index (χ1) is 16.1. The van der Waals surface area contributed by atoms with Crippen LogP contribution in [-0.4, -0.2) is 30.4 Å². The van der Waals surface area contributed by atoms with Crippen molar-refractivity contribution < 1.29 is 8.42 Å². The Bertz CT molecular complexity index is 1210. The number of unbranched alkanes of at least 4 members (excludes halogenated alkanes) is 2. The number of benzene rings is 2. The van der Waals surface area contributed by atoms with Crippen LogP contribution >= 0.6 is 11.3 Å². The molecule has 0 radical (unpaired) electrons. The van der Waals surface area contributed by atoms with Crippen LogP contribution in [0.3, 0.4) is 0 Å². The minimum absolute atomic E-state index is 0.384. The molecule has 3 aromatic rings. The van der Waals surface area contributed by atoms with E-state index in [2.05, 4.69) is 16.9 Å². The molecule has 1 fully saturated rings. The summed E-state index contributed by atoms with van der Waals surface area (Å²) >= 11 is 1.60. The Kier molecular flexibility index (Phi) is 8.17. The van der Waals surface area contributed by atoms with Gasteiger partial charge in [0.25, 0.3) is 0 Å². The van der Waals surface area contributed by atoms with Crippen molar-refractivity contribution in [2.45, 2.75) is 63.3 Å². The zero-order chi connectivity index (χ0) is 23.1. The molecule has 0 saturated carbocycles. The summed E-state index contributed by atoms with van der Waals surface area (Å²) in [7, 11) is -3.49. The van der Waals surface area contributed by atoms with Gasteiger partial charge in [-0.1, -0.05) is 62.9 Å². The number of aromatic nitrogens is 1. The summed E-state index contributed by atoms with van der Waals surface area (Å²) in [4.78, 5) is 6.20. The van der Waals surface area contributed by atoms with Crippen LogP contribution in [0.5, 0.6) is 0 Å². The van der Waals surface area contributed by atoms with Crippen molar-refractivity contribution in [2.75, 3.05) is 13.1 Å². The van der Waals surface area contributed by atoms with Crippen LogP contribution in [0, 0.1) is 0 Å². The molecular formula is C26H33N3O2S2. The van der Waals surface area contributed by atoms with Crippen molar-refractivity contribution in [3.05, 3.63) is 64.8 Å². The average molecular weight is 484 g/mol. The number of para-hydroxylation sites is 1. The maximum absolute atomic E-state index is 13.4. The van der Waals surface area contributed by atoms with Crippen LogP contribution in [-0.2, 0) is 16.6 Å². The first-order valence-electron chi connectivity index (χ1n) is 12.0. The van der Waals surface area contributed by atoms with Gasteiger partial charge < -0.3 is 4.57 Å². The summed E-state index contributed by atoms with van der Waals surface area (Å²) in [6.07, 6.45) is 7.44. The Morgan fingerprint density at radius 1 is 0.939 bits per heavy atom. The molecule has 0 aliphatic carbocycles. The molecule has 0 amide bonds. The van der Waals surface area contributed by atoms with Gasteiger partial charge in [0.05, 0.1) is 16.3 Å². The second-order valence-electron chi connectivity index (χ2n) is 8.56. The van der Waals surface area contributed by atoms with Gasteiger partial charge in [0.2, 0.25) is 10.0 Å². The van der Waals surface area contributed by atoms with Gasteiger partial charge in [0.1, 0.15) is 0 Å². The van der Waals surface area contributed by atoms with Crippen LogP contribution in [0.4, 0.5) is 5.69 Å². The minimum Gasteiger partial charge on any atom is -0.316 e. The molecule has 2 heterocycles. The fraction of sp³-hybridized carbons (Fsp3) is 0.423. The molecule has 176 valence electrons. The van der Waals surface area contributed by atoms with E-state index in [4.69, 9.17) is 4.99 Å². The van der Waals surface area contributed by atoms with Crippen LogP contribution < -0.4 is 4.80 Å². The number of sulfonamides is 1. The molecule has 33 heavy (non-hydrogen) atoms. The largest absolute Gasteiger partial charge is 0.316 e. The second kappa shape index (κ2) is 11.3. The summed E-state index contributed by atoms with van der Waals surface area (Å²) in [5.41, 5.74) is 2.87. The Morgan fingerprint density at radius 2 is 1.70 bits per heavy atom. The van der Waals surface area contributed by atoms with E-state index in [-0.39, 0.29) is 0 Å². The van der Waals surface area contributed by atoms with E-state index < -0.39 is 10.0 Å². The van der Waals surface area contributed by atoms with E-state index in [1.807, 2.05) is 48.5 Å². The molecule has 1 aliphatic heterocycles. The third-order valence-electron chi connectivity index (χ3n) is 6.10. The van der Waals surface area contributed by atoms with Crippen molar-refractivity contribution in [3.8, 4) is 11.3 Å². The smallest absolute Gasteiger partial charge is 0.243 e. The number of rotatable bonds is 8. The predicted molar refractivity (Wildman–Crippen MR) is 136 cm³/mol. The van der Waals surface area contributed by atoms with Crippen molar-refractivity contribution in [1.82, 2.24) is 8.87 Å². The van der Waals surface area contributed by atoms with Crippen molar-refractivity contribution in [1.29, 1.82) is 0 Å². The summed E-state index contributed by atoms with van der Waals surface area (Å²) in [6.45, 7) is 4.29. The third-order valence-corrected chi connectivity index (χ3v) is 8.85. The van der Waals surface area contributed by atoms with Gasteiger partial charge in [0.15, 0.2) is 4.80 Å². The van der Waals surface area contributed by atoms with Crippen molar-refractivity contribution >= 4 is 27.0 Å². The Morgan fingerprint density at radius 3 is 2.42 bits per heavy atom. The number of hydrogen-bond acceptors (Lipinski definition) is 4. The zero-order valence-corrected chi connectivity index (χ0v) is 21.0. The number of hydrogen-bond donors (Lipinski definition) is 0. The lowest BCUT2D eigenvalue weighted by molar-refractivity contribution is 0.424. The number of thiazole rings is 1. The molecular weight excluding hydrogens is 450 g/mol. The van der Waals surface area contributed by atoms with E-state index in [1.165, 1.54) is 0 Å². The second-order valence-corrected chi connectivity index (χ2v) is 11.3. The Balaban J connectivity index is 1.72. The standard InChI is InChI=1S/C26H33N3O2S2/c1-2-3-9-19-29-25(21-32-26(29)27-23-14-7-6-8-15-23)22-13-12-16-24(20-22)33(30,31)28-17-10-4-5-11-18-28/h6-8,12-16,20-21H,2-5,9-11,17-19H2,1H3. The van der Waals surface area contributed by atoms with E-state index >= 15 is 0 Å². The zero-order valence-electron chi connectivity index (χ0n) is 19.3. The van der Waals surface area contributed by atoms with Gasteiger partial charge in [0, 0.05) is 30.6 Å². The quantitative estimate of drug-likeness (QED) is 0.358. The molecule has 0 bridgehead atoms. The van der Waals surface area contributed by atoms with Gasteiger partial charge in [-0.2, -0.15) is 4.31 Å². The van der Waals surface area contributed by atoms with Gasteiger partial charge in [-0.15, -0.1) is 11.3 Å². The highest BCUT2D eigenvalue weighted by molar-refractivity contribution is 7.89. The van der Waals surface area contributed by atoms with E-state index in [9.17, 15) is 8.42 Å². The lowest BCUT2D eigenvalue weighted by Gasteiger charge is -2.20. The SMILES string of the molecule is CCCCCn1c(-c2cccc(S(=O)(=O)N3CCCCCC3)c2)csc1=Nc1ccccc1. The molecule has 4 rings (SSSR count). The summed E-state index contributed by atoms with van der Waals surface area (Å²) in [5, 5.41) is 2.10. The van der Waals surface area contributed by atoms with Gasteiger partial charge >= 0.3 is 0 Å². The Labute approximate surface area is 201 Å². The molecule has 2 aromatic carbocycles. The maximum Gasteiger partial charge on any atom is 0.243 e. The van der Waals surface area contributed by atoms with Crippen molar-refractivity contribution in [2.24, 2.45) is 4.99 Å². The van der Waals surface area contributed by atoms with Crippen LogP contribution in [0.15, 0.2) is 69.9 Å². The normalized spacial score (nSPS) is 16.1. The van der Waals surface area contributed by atoms with Gasteiger partial charge in [-0.05, 0) is 43.5 Å². The minimum atomic E-state index is -3.49. The fourth-order valence-corrected chi connectivity index (χ4v) is 6.76. The lowest BCUT2D eigenvalue weighted by Crippen LogP contribution is -2.31. The average Bonchev–Trinajstić information content (AvgIpc) is 3.03. The summed E-state index contributed by atoms with van der Waals surface area (Å²) in [5.74, 6) is 0. The predicted octanol–water partition coefficient (Wildman–Crippen LogP) is 6.20. The van der Waals surface area contributed by atoms with E-state index in [1.54, 1.807) is 21.7 Å². The molecule has 0 spiro atoms. The molecule has 1 aromatic heterocycles. The van der Waals surface area contributed by atoms with Crippen molar-refractivity contribution in [3.63, 3.8) is 0 Å². The van der Waals surface area contributed by atoms with E-state index in [0.29, 0.717) is 18.0 Å². The van der Waals surface area contributed by atoms with Crippen LogP contribution in [0.25, 0.3) is 11.3 Å². The molecule has 0 unspecified atom stereocenters. The molecule has 7 heteroatoms. The van der Waals surface area contributed by atoms with Gasteiger partial charge in [-0.3, -0.25) is 0 Å². The van der Waals surface area contributed by atoms with E-state index in [0.717, 1.165) is 73.2 Å². The maximum atomic E-state index is 13.4. The van der Waals surface area contributed by atoms with Gasteiger partial charge in [-0.25, -0.2) is 13.4 Å². The highest BCUT2D eigenvalue weighted by Crippen LogP contribution is 2.27. The lowest BCUT2D eigenvalue weighted by atomic mass is 10.1. The monoisotopic (exact) mass is 483 g/mol. The highest BCUT2D eigenvalue weighted by Gasteiger charge is 2.25. The fourth-order valence-electron chi connectivity index (χ4n) is 4.25.